The number of carboxylic acids is 1. The van der Waals surface area contributed by atoms with Crippen LogP contribution in [-0.2, 0) is 0 Å². The number of hydrogen-bond donors (Lipinski definition) is 3. The van der Waals surface area contributed by atoms with Gasteiger partial charge in [-0.1, -0.05) is 0 Å². The molecule has 0 aliphatic rings. The minimum atomic E-state index is -1.31. The fourth-order valence-corrected chi connectivity index (χ4v) is 2.52. The molecule has 0 aliphatic carbocycles. The van der Waals surface area contributed by atoms with E-state index in [0.29, 0.717) is 0 Å². The largest absolute Gasteiger partial charge is 0.478 e. The minimum Gasteiger partial charge on any atom is -0.478 e. The topological polar surface area (TPSA) is 78.4 Å². The minimum absolute atomic E-state index is 0.0407. The highest BCUT2D eigenvalue weighted by molar-refractivity contribution is 7.07. The summed E-state index contributed by atoms with van der Waals surface area (Å²) in [6, 6.07) is 4.28. The van der Waals surface area contributed by atoms with Crippen LogP contribution in [0.2, 0.25) is 0 Å². The highest BCUT2D eigenvalue weighted by Crippen LogP contribution is 2.18. The summed E-state index contributed by atoms with van der Waals surface area (Å²) in [5.74, 6) is -1.99. The standard InChI is InChI=1S/C14H13FN2O3S/c1-8(9-4-5-21-7-9)16-14(20)17-12-3-2-10(15)6-11(12)13(18)19/h2-8H,1H3,(H,18,19)(H2,16,17,20). The number of urea groups is 1. The highest BCUT2D eigenvalue weighted by Gasteiger charge is 2.15. The highest BCUT2D eigenvalue weighted by atomic mass is 32.1. The third-order valence-electron chi connectivity index (χ3n) is 2.85. The van der Waals surface area contributed by atoms with Gasteiger partial charge in [-0.05, 0) is 47.5 Å². The van der Waals surface area contributed by atoms with Crippen LogP contribution in [0, 0.1) is 5.82 Å². The summed E-state index contributed by atoms with van der Waals surface area (Å²) in [5.41, 5.74) is 0.694. The van der Waals surface area contributed by atoms with Crippen molar-refractivity contribution in [3.8, 4) is 0 Å². The van der Waals surface area contributed by atoms with E-state index in [9.17, 15) is 14.0 Å². The molecule has 2 amide bonds. The molecule has 1 atom stereocenters. The number of carbonyl (C=O) groups is 2. The van der Waals surface area contributed by atoms with Crippen molar-refractivity contribution >= 4 is 29.0 Å². The predicted molar refractivity (Wildman–Crippen MR) is 78.2 cm³/mol. The SMILES string of the molecule is CC(NC(=O)Nc1ccc(F)cc1C(=O)O)c1ccsc1. The van der Waals surface area contributed by atoms with Gasteiger partial charge in [0, 0.05) is 0 Å². The Labute approximate surface area is 124 Å². The van der Waals surface area contributed by atoms with E-state index in [1.807, 2.05) is 23.8 Å². The van der Waals surface area contributed by atoms with Crippen LogP contribution < -0.4 is 10.6 Å². The molecule has 1 aromatic heterocycles. The number of anilines is 1. The number of carbonyl (C=O) groups excluding carboxylic acids is 1. The normalized spacial score (nSPS) is 11.7. The van der Waals surface area contributed by atoms with Crippen LogP contribution in [0.5, 0.6) is 0 Å². The second-order valence-corrected chi connectivity index (χ2v) is 5.15. The van der Waals surface area contributed by atoms with Crippen molar-refractivity contribution in [2.45, 2.75) is 13.0 Å². The van der Waals surface area contributed by atoms with Crippen LogP contribution in [0.25, 0.3) is 0 Å². The van der Waals surface area contributed by atoms with Crippen molar-refractivity contribution < 1.29 is 19.1 Å². The van der Waals surface area contributed by atoms with E-state index in [4.69, 9.17) is 5.11 Å². The lowest BCUT2D eigenvalue weighted by molar-refractivity contribution is 0.0697. The summed E-state index contributed by atoms with van der Waals surface area (Å²) < 4.78 is 13.1. The third kappa shape index (κ3) is 3.79. The Morgan fingerprint density at radius 2 is 2.10 bits per heavy atom. The first kappa shape index (κ1) is 15.0. The van der Waals surface area contributed by atoms with Gasteiger partial charge in [0.25, 0.3) is 0 Å². The summed E-state index contributed by atoms with van der Waals surface area (Å²) in [5, 5.41) is 17.9. The molecular formula is C14H13FN2O3S. The molecule has 0 saturated carbocycles. The molecule has 3 N–H and O–H groups in total. The molecule has 0 radical (unpaired) electrons. The molecule has 0 bridgehead atoms. The number of halogens is 1. The zero-order chi connectivity index (χ0) is 15.4. The number of thiophene rings is 1. The Morgan fingerprint density at radius 1 is 1.33 bits per heavy atom. The van der Waals surface area contributed by atoms with Crippen molar-refractivity contribution in [3.05, 3.63) is 52.0 Å². The van der Waals surface area contributed by atoms with Crippen LogP contribution in [0.4, 0.5) is 14.9 Å². The average molecular weight is 308 g/mol. The van der Waals surface area contributed by atoms with E-state index in [-0.39, 0.29) is 17.3 Å². The van der Waals surface area contributed by atoms with E-state index >= 15 is 0 Å². The van der Waals surface area contributed by atoms with Crippen LogP contribution >= 0.6 is 11.3 Å². The van der Waals surface area contributed by atoms with E-state index < -0.39 is 17.8 Å². The molecule has 2 aromatic rings. The molecule has 1 heterocycles. The van der Waals surface area contributed by atoms with E-state index in [1.54, 1.807) is 0 Å². The molecular weight excluding hydrogens is 295 g/mol. The van der Waals surface area contributed by atoms with Crippen molar-refractivity contribution in [1.82, 2.24) is 5.32 Å². The van der Waals surface area contributed by atoms with Gasteiger partial charge in [-0.3, -0.25) is 0 Å². The molecule has 1 aromatic carbocycles. The zero-order valence-electron chi connectivity index (χ0n) is 11.1. The molecule has 7 heteroatoms. The maximum atomic E-state index is 13.1. The molecule has 2 rings (SSSR count). The van der Waals surface area contributed by atoms with Crippen molar-refractivity contribution in [2.24, 2.45) is 0 Å². The maximum absolute atomic E-state index is 13.1. The number of carboxylic acid groups (broad SMARTS) is 1. The zero-order valence-corrected chi connectivity index (χ0v) is 11.9. The van der Waals surface area contributed by atoms with Crippen LogP contribution in [0.15, 0.2) is 35.0 Å². The maximum Gasteiger partial charge on any atom is 0.337 e. The molecule has 21 heavy (non-hydrogen) atoms. The number of rotatable bonds is 4. The fourth-order valence-electron chi connectivity index (χ4n) is 1.76. The first-order chi connectivity index (χ1) is 9.97. The Kier molecular flexibility index (Phi) is 4.54. The van der Waals surface area contributed by atoms with Crippen molar-refractivity contribution in [3.63, 3.8) is 0 Å². The van der Waals surface area contributed by atoms with Gasteiger partial charge < -0.3 is 15.7 Å². The Balaban J connectivity index is 2.08. The monoisotopic (exact) mass is 308 g/mol. The quantitative estimate of drug-likeness (QED) is 0.809. The number of aromatic carboxylic acids is 1. The van der Waals surface area contributed by atoms with E-state index in [0.717, 1.165) is 17.7 Å². The smallest absolute Gasteiger partial charge is 0.337 e. The number of nitrogens with one attached hydrogen (secondary N) is 2. The van der Waals surface area contributed by atoms with Crippen LogP contribution in [0.3, 0.4) is 0 Å². The fraction of sp³-hybridized carbons (Fsp3) is 0.143. The lowest BCUT2D eigenvalue weighted by Crippen LogP contribution is -2.31. The van der Waals surface area contributed by atoms with Crippen molar-refractivity contribution in [2.75, 3.05) is 5.32 Å². The van der Waals surface area contributed by atoms with Gasteiger partial charge in [0.15, 0.2) is 0 Å². The molecule has 5 nitrogen and oxygen atoms in total. The van der Waals surface area contributed by atoms with E-state index in [2.05, 4.69) is 10.6 Å². The van der Waals surface area contributed by atoms with Crippen molar-refractivity contribution in [1.29, 1.82) is 0 Å². The second-order valence-electron chi connectivity index (χ2n) is 4.37. The molecule has 0 aliphatic heterocycles. The van der Waals surface area contributed by atoms with Crippen LogP contribution in [0.1, 0.15) is 28.9 Å². The number of amides is 2. The summed E-state index contributed by atoms with van der Waals surface area (Å²) >= 11 is 1.52. The first-order valence-electron chi connectivity index (χ1n) is 6.10. The van der Waals surface area contributed by atoms with Gasteiger partial charge in [0.2, 0.25) is 0 Å². The molecule has 0 fully saturated rings. The molecule has 0 spiro atoms. The average Bonchev–Trinajstić information content (AvgIpc) is 2.94. The van der Waals surface area contributed by atoms with Gasteiger partial charge in [-0.15, -0.1) is 0 Å². The Morgan fingerprint density at radius 3 is 2.71 bits per heavy atom. The van der Waals surface area contributed by atoms with Gasteiger partial charge in [0.05, 0.1) is 17.3 Å². The Bertz CT molecular complexity index is 658. The van der Waals surface area contributed by atoms with Gasteiger partial charge in [0.1, 0.15) is 5.82 Å². The lowest BCUT2D eigenvalue weighted by atomic mass is 10.1. The number of benzene rings is 1. The van der Waals surface area contributed by atoms with Crippen LogP contribution in [-0.4, -0.2) is 17.1 Å². The summed E-state index contributed by atoms with van der Waals surface area (Å²) in [4.78, 5) is 22.9. The van der Waals surface area contributed by atoms with Gasteiger partial charge in [-0.25, -0.2) is 14.0 Å². The van der Waals surface area contributed by atoms with Gasteiger partial charge >= 0.3 is 12.0 Å². The molecule has 0 saturated heterocycles. The molecule has 1 unspecified atom stereocenters. The lowest BCUT2D eigenvalue weighted by Gasteiger charge is -2.14. The summed E-state index contributed by atoms with van der Waals surface area (Å²) in [7, 11) is 0. The Hall–Kier alpha value is -2.41. The summed E-state index contributed by atoms with van der Waals surface area (Å²) in [6.45, 7) is 1.81. The predicted octanol–water partition coefficient (Wildman–Crippen LogP) is 3.47. The number of hydrogen-bond acceptors (Lipinski definition) is 3. The molecule has 110 valence electrons. The second kappa shape index (κ2) is 6.36. The summed E-state index contributed by atoms with van der Waals surface area (Å²) in [6.07, 6.45) is 0. The first-order valence-corrected chi connectivity index (χ1v) is 7.04. The van der Waals surface area contributed by atoms with Gasteiger partial charge in [-0.2, -0.15) is 11.3 Å². The third-order valence-corrected chi connectivity index (χ3v) is 3.55. The van der Waals surface area contributed by atoms with E-state index in [1.165, 1.54) is 17.4 Å².